The van der Waals surface area contributed by atoms with Gasteiger partial charge in [-0.3, -0.25) is 0 Å². The lowest BCUT2D eigenvalue weighted by Crippen LogP contribution is -2.39. The molecular weight excluding hydrogens is 293 g/mol. The van der Waals surface area contributed by atoms with Gasteiger partial charge >= 0.3 is 0 Å². The Hall–Kier alpha value is -0.980. The number of rotatable bonds is 4. The summed E-state index contributed by atoms with van der Waals surface area (Å²) in [6.07, 6.45) is 0.205. The molecule has 1 fully saturated rings. The summed E-state index contributed by atoms with van der Waals surface area (Å²) >= 11 is 0. The monoisotopic (exact) mass is 315 g/mol. The molecule has 0 aromatic heterocycles. The molecule has 0 spiro atoms. The zero-order valence-electron chi connectivity index (χ0n) is 12.8. The molecule has 0 radical (unpaired) electrons. The number of nitrogens with one attached hydrogen (secondary N) is 1. The average Bonchev–Trinajstić information content (AvgIpc) is 2.82. The molecule has 1 aliphatic rings. The quantitative estimate of drug-likeness (QED) is 0.929. The Labute approximate surface area is 125 Å². The van der Waals surface area contributed by atoms with Crippen molar-refractivity contribution in [1.29, 1.82) is 0 Å². The summed E-state index contributed by atoms with van der Waals surface area (Å²) < 4.78 is 46.5. The molecule has 1 aromatic rings. The van der Waals surface area contributed by atoms with Crippen LogP contribution in [-0.2, 0) is 14.8 Å². The van der Waals surface area contributed by atoms with Gasteiger partial charge in [-0.25, -0.2) is 17.5 Å². The SMILES string of the molecule is Cc1cc(C(C)NS(=O)(=O)C2CCOC2C)cc(C)c1F. The molecule has 1 heterocycles. The zero-order chi connectivity index (χ0) is 15.8. The standard InChI is InChI=1S/C15H22FNO3S/c1-9-7-13(8-10(2)15(9)16)11(3)17-21(18,19)14-5-6-20-12(14)4/h7-8,11-12,14,17H,5-6H2,1-4H3. The summed E-state index contributed by atoms with van der Waals surface area (Å²) in [6.45, 7) is 7.37. The van der Waals surface area contributed by atoms with Gasteiger partial charge in [-0.2, -0.15) is 0 Å². The van der Waals surface area contributed by atoms with Crippen molar-refractivity contribution in [1.82, 2.24) is 4.72 Å². The fraction of sp³-hybridized carbons (Fsp3) is 0.600. The maximum absolute atomic E-state index is 13.7. The molecule has 1 aromatic carbocycles. The predicted molar refractivity (Wildman–Crippen MR) is 80.2 cm³/mol. The van der Waals surface area contributed by atoms with Gasteiger partial charge in [0.2, 0.25) is 10.0 Å². The van der Waals surface area contributed by atoms with E-state index in [4.69, 9.17) is 4.74 Å². The van der Waals surface area contributed by atoms with Gasteiger partial charge in [-0.15, -0.1) is 0 Å². The summed E-state index contributed by atoms with van der Waals surface area (Å²) in [6, 6.07) is 2.97. The average molecular weight is 315 g/mol. The van der Waals surface area contributed by atoms with Crippen LogP contribution in [0.3, 0.4) is 0 Å². The highest BCUT2D eigenvalue weighted by atomic mass is 32.2. The molecule has 0 aliphatic carbocycles. The molecule has 1 aliphatic heterocycles. The first kappa shape index (κ1) is 16.4. The lowest BCUT2D eigenvalue weighted by molar-refractivity contribution is 0.126. The Morgan fingerprint density at radius 1 is 1.33 bits per heavy atom. The Kier molecular flexibility index (Phi) is 4.70. The molecular formula is C15H22FNO3S. The summed E-state index contributed by atoms with van der Waals surface area (Å²) in [4.78, 5) is 0. The van der Waals surface area contributed by atoms with Gasteiger partial charge in [0.15, 0.2) is 0 Å². The second-order valence-corrected chi connectivity index (χ2v) is 7.69. The van der Waals surface area contributed by atoms with E-state index in [0.717, 1.165) is 5.56 Å². The minimum absolute atomic E-state index is 0.244. The molecule has 3 atom stereocenters. The molecule has 1 saturated heterocycles. The third-order valence-electron chi connectivity index (χ3n) is 4.01. The van der Waals surface area contributed by atoms with Gasteiger partial charge in [-0.05, 0) is 50.8 Å². The van der Waals surface area contributed by atoms with Crippen LogP contribution in [0, 0.1) is 19.7 Å². The lowest BCUT2D eigenvalue weighted by Gasteiger charge is -2.21. The Bertz CT molecular complexity index is 607. The predicted octanol–water partition coefficient (Wildman–Crippen LogP) is 2.60. The van der Waals surface area contributed by atoms with Gasteiger partial charge < -0.3 is 4.74 Å². The van der Waals surface area contributed by atoms with E-state index in [1.807, 2.05) is 0 Å². The molecule has 0 bridgehead atoms. The van der Waals surface area contributed by atoms with Crippen LogP contribution in [0.5, 0.6) is 0 Å². The van der Waals surface area contributed by atoms with E-state index in [1.165, 1.54) is 0 Å². The summed E-state index contributed by atoms with van der Waals surface area (Å²) in [5.41, 5.74) is 1.81. The second kappa shape index (κ2) is 6.02. The lowest BCUT2D eigenvalue weighted by atomic mass is 10.0. The largest absolute Gasteiger partial charge is 0.377 e. The van der Waals surface area contributed by atoms with E-state index in [2.05, 4.69) is 4.72 Å². The van der Waals surface area contributed by atoms with Crippen LogP contribution in [0.4, 0.5) is 4.39 Å². The Balaban J connectivity index is 2.19. The molecule has 1 N–H and O–H groups in total. The van der Waals surface area contributed by atoms with Crippen LogP contribution in [0.2, 0.25) is 0 Å². The Morgan fingerprint density at radius 2 is 1.90 bits per heavy atom. The third kappa shape index (κ3) is 3.44. The molecule has 21 heavy (non-hydrogen) atoms. The normalized spacial score (nSPS) is 24.2. The Morgan fingerprint density at radius 3 is 2.38 bits per heavy atom. The number of ether oxygens (including phenoxy) is 1. The van der Waals surface area contributed by atoms with Gasteiger partial charge in [0.1, 0.15) is 11.1 Å². The maximum Gasteiger partial charge on any atom is 0.217 e. The first-order valence-electron chi connectivity index (χ1n) is 7.11. The van der Waals surface area contributed by atoms with Gasteiger partial charge in [0.05, 0.1) is 6.10 Å². The number of aryl methyl sites for hydroxylation is 2. The van der Waals surface area contributed by atoms with Gasteiger partial charge in [0.25, 0.3) is 0 Å². The fourth-order valence-electron chi connectivity index (χ4n) is 2.75. The van der Waals surface area contributed by atoms with Crippen LogP contribution < -0.4 is 4.72 Å². The van der Waals surface area contributed by atoms with Crippen molar-refractivity contribution >= 4 is 10.0 Å². The van der Waals surface area contributed by atoms with Crippen molar-refractivity contribution in [2.45, 2.75) is 51.5 Å². The van der Waals surface area contributed by atoms with Crippen LogP contribution in [0.1, 0.15) is 43.0 Å². The van der Waals surface area contributed by atoms with Crippen molar-refractivity contribution in [2.75, 3.05) is 6.61 Å². The van der Waals surface area contributed by atoms with E-state index in [9.17, 15) is 12.8 Å². The number of hydrogen-bond donors (Lipinski definition) is 1. The fourth-order valence-corrected chi connectivity index (χ4v) is 4.54. The highest BCUT2D eigenvalue weighted by Gasteiger charge is 2.36. The van der Waals surface area contributed by atoms with Crippen LogP contribution in [0.15, 0.2) is 12.1 Å². The number of hydrogen-bond acceptors (Lipinski definition) is 3. The molecule has 4 nitrogen and oxygen atoms in total. The minimum Gasteiger partial charge on any atom is -0.377 e. The second-order valence-electron chi connectivity index (χ2n) is 5.76. The third-order valence-corrected chi connectivity index (χ3v) is 6.10. The molecule has 0 amide bonds. The van der Waals surface area contributed by atoms with E-state index >= 15 is 0 Å². The van der Waals surface area contributed by atoms with E-state index in [-0.39, 0.29) is 11.9 Å². The maximum atomic E-state index is 13.7. The van der Waals surface area contributed by atoms with Crippen molar-refractivity contribution in [3.05, 3.63) is 34.6 Å². The number of halogens is 1. The van der Waals surface area contributed by atoms with Crippen molar-refractivity contribution in [3.63, 3.8) is 0 Å². The highest BCUT2D eigenvalue weighted by molar-refractivity contribution is 7.90. The zero-order valence-corrected chi connectivity index (χ0v) is 13.6. The molecule has 3 unspecified atom stereocenters. The smallest absolute Gasteiger partial charge is 0.217 e. The minimum atomic E-state index is -3.46. The molecule has 6 heteroatoms. The van der Waals surface area contributed by atoms with Gasteiger partial charge in [-0.1, -0.05) is 12.1 Å². The van der Waals surface area contributed by atoms with Crippen molar-refractivity contribution in [3.8, 4) is 0 Å². The van der Waals surface area contributed by atoms with Crippen molar-refractivity contribution < 1.29 is 17.5 Å². The topological polar surface area (TPSA) is 55.4 Å². The van der Waals surface area contributed by atoms with Crippen LogP contribution >= 0.6 is 0 Å². The molecule has 118 valence electrons. The van der Waals surface area contributed by atoms with Crippen LogP contribution in [-0.4, -0.2) is 26.4 Å². The van der Waals surface area contributed by atoms with E-state index in [1.54, 1.807) is 39.8 Å². The van der Waals surface area contributed by atoms with Crippen LogP contribution in [0.25, 0.3) is 0 Å². The summed E-state index contributed by atoms with van der Waals surface area (Å²) in [5.74, 6) is -0.244. The van der Waals surface area contributed by atoms with E-state index < -0.39 is 21.3 Å². The first-order valence-corrected chi connectivity index (χ1v) is 8.66. The number of benzene rings is 1. The first-order chi connectivity index (χ1) is 9.72. The number of sulfonamides is 1. The molecule has 0 saturated carbocycles. The molecule has 2 rings (SSSR count). The van der Waals surface area contributed by atoms with E-state index in [0.29, 0.717) is 24.2 Å². The van der Waals surface area contributed by atoms with Gasteiger partial charge in [0, 0.05) is 12.6 Å². The summed E-state index contributed by atoms with van der Waals surface area (Å²) in [5, 5.41) is -0.525. The highest BCUT2D eigenvalue weighted by Crippen LogP contribution is 2.24. The summed E-state index contributed by atoms with van der Waals surface area (Å²) in [7, 11) is -3.46. The van der Waals surface area contributed by atoms with Crippen molar-refractivity contribution in [2.24, 2.45) is 0 Å².